The minimum atomic E-state index is -0.333. The first kappa shape index (κ1) is 12.2. The van der Waals surface area contributed by atoms with Crippen LogP contribution >= 0.6 is 0 Å². The van der Waals surface area contributed by atoms with E-state index >= 15 is 0 Å². The monoisotopic (exact) mass is 250 g/mol. The zero-order valence-electron chi connectivity index (χ0n) is 9.70. The molecular weight excluding hydrogens is 236 g/mol. The number of hydrogen-bond donors (Lipinski definition) is 3. The molecule has 1 amide bonds. The van der Waals surface area contributed by atoms with Gasteiger partial charge in [0.2, 0.25) is 0 Å². The third kappa shape index (κ3) is 2.37. The van der Waals surface area contributed by atoms with Crippen molar-refractivity contribution in [3.05, 3.63) is 23.8 Å². The zero-order chi connectivity index (χ0) is 13.1. The second kappa shape index (κ2) is 4.95. The number of amides is 1. The predicted molar refractivity (Wildman–Crippen MR) is 64.1 cm³/mol. The molecule has 1 aromatic rings. The van der Waals surface area contributed by atoms with Gasteiger partial charge in [-0.3, -0.25) is 4.79 Å². The van der Waals surface area contributed by atoms with Gasteiger partial charge in [-0.25, -0.2) is 0 Å². The van der Waals surface area contributed by atoms with E-state index in [1.54, 1.807) is 4.90 Å². The third-order valence-electron chi connectivity index (χ3n) is 2.98. The van der Waals surface area contributed by atoms with Crippen molar-refractivity contribution in [3.63, 3.8) is 0 Å². The lowest BCUT2D eigenvalue weighted by Crippen LogP contribution is -2.38. The SMILES string of the molecule is O=C(c1cc(O)ccc1O)N1CCC(=NO)CC1. The van der Waals surface area contributed by atoms with E-state index in [9.17, 15) is 15.0 Å². The van der Waals surface area contributed by atoms with Gasteiger partial charge in [0.05, 0.1) is 11.3 Å². The van der Waals surface area contributed by atoms with Gasteiger partial charge in [0.1, 0.15) is 11.5 Å². The normalized spacial score (nSPS) is 15.6. The van der Waals surface area contributed by atoms with Gasteiger partial charge in [0, 0.05) is 25.9 Å². The lowest BCUT2D eigenvalue weighted by molar-refractivity contribution is 0.0750. The molecular formula is C12H14N2O4. The number of phenols is 2. The van der Waals surface area contributed by atoms with E-state index in [4.69, 9.17) is 5.21 Å². The smallest absolute Gasteiger partial charge is 0.257 e. The maximum absolute atomic E-state index is 12.1. The van der Waals surface area contributed by atoms with Crippen LogP contribution in [0.1, 0.15) is 23.2 Å². The Bertz CT molecular complexity index is 489. The van der Waals surface area contributed by atoms with Crippen molar-refractivity contribution in [2.24, 2.45) is 5.16 Å². The van der Waals surface area contributed by atoms with Crippen LogP contribution in [0.15, 0.2) is 23.4 Å². The molecule has 0 atom stereocenters. The van der Waals surface area contributed by atoms with Gasteiger partial charge in [0.25, 0.3) is 5.91 Å². The van der Waals surface area contributed by atoms with Gasteiger partial charge in [-0.05, 0) is 18.2 Å². The first-order valence-electron chi connectivity index (χ1n) is 5.63. The van der Waals surface area contributed by atoms with Crippen LogP contribution in [0.5, 0.6) is 11.5 Å². The second-order valence-corrected chi connectivity index (χ2v) is 4.16. The number of rotatable bonds is 1. The Morgan fingerprint density at radius 1 is 1.22 bits per heavy atom. The van der Waals surface area contributed by atoms with Crippen LogP contribution in [-0.4, -0.2) is 45.0 Å². The minimum absolute atomic E-state index is 0.0641. The molecule has 1 aliphatic heterocycles. The Morgan fingerprint density at radius 2 is 1.89 bits per heavy atom. The highest BCUT2D eigenvalue weighted by atomic mass is 16.4. The topological polar surface area (TPSA) is 93.4 Å². The Kier molecular flexibility index (Phi) is 3.36. The van der Waals surface area contributed by atoms with E-state index in [1.807, 2.05) is 0 Å². The fourth-order valence-corrected chi connectivity index (χ4v) is 1.93. The Balaban J connectivity index is 2.15. The molecule has 0 aliphatic carbocycles. The zero-order valence-corrected chi connectivity index (χ0v) is 9.70. The summed E-state index contributed by atoms with van der Waals surface area (Å²) < 4.78 is 0. The average molecular weight is 250 g/mol. The van der Waals surface area contributed by atoms with Crippen LogP contribution < -0.4 is 0 Å². The molecule has 0 radical (unpaired) electrons. The van der Waals surface area contributed by atoms with Gasteiger partial charge < -0.3 is 20.3 Å². The summed E-state index contributed by atoms with van der Waals surface area (Å²) in [7, 11) is 0. The first-order chi connectivity index (χ1) is 8.61. The van der Waals surface area contributed by atoms with E-state index in [0.717, 1.165) is 0 Å². The molecule has 6 heteroatoms. The molecule has 1 fully saturated rings. The minimum Gasteiger partial charge on any atom is -0.508 e. The van der Waals surface area contributed by atoms with Crippen molar-refractivity contribution >= 4 is 11.6 Å². The van der Waals surface area contributed by atoms with Crippen molar-refractivity contribution in [1.82, 2.24) is 4.90 Å². The highest BCUT2D eigenvalue weighted by Crippen LogP contribution is 2.24. The quantitative estimate of drug-likeness (QED) is 0.396. The highest BCUT2D eigenvalue weighted by molar-refractivity contribution is 5.98. The molecule has 0 aromatic heterocycles. The highest BCUT2D eigenvalue weighted by Gasteiger charge is 2.23. The number of benzene rings is 1. The Hall–Kier alpha value is -2.24. The summed E-state index contributed by atoms with van der Waals surface area (Å²) in [6.45, 7) is 0.876. The standard InChI is InChI=1S/C12H14N2O4/c15-9-1-2-11(16)10(7-9)12(17)14-5-3-8(13-18)4-6-14/h1-2,7,15-16,18H,3-6H2. The Labute approximate surface area is 104 Å². The molecule has 3 N–H and O–H groups in total. The molecule has 2 rings (SSSR count). The summed E-state index contributed by atoms with van der Waals surface area (Å²) in [5.41, 5.74) is 0.749. The van der Waals surface area contributed by atoms with Crippen LogP contribution in [0.2, 0.25) is 0 Å². The number of likely N-dealkylation sites (tertiary alicyclic amines) is 1. The first-order valence-corrected chi connectivity index (χ1v) is 5.63. The van der Waals surface area contributed by atoms with E-state index < -0.39 is 0 Å². The number of phenolic OH excluding ortho intramolecular Hbond substituents is 2. The van der Waals surface area contributed by atoms with Gasteiger partial charge in [0.15, 0.2) is 0 Å². The number of piperidine rings is 1. The second-order valence-electron chi connectivity index (χ2n) is 4.16. The summed E-state index contributed by atoms with van der Waals surface area (Å²) in [6, 6.07) is 3.85. The number of hydrogen-bond acceptors (Lipinski definition) is 5. The predicted octanol–water partition coefficient (Wildman–Crippen LogP) is 1.16. The van der Waals surface area contributed by atoms with Crippen LogP contribution in [-0.2, 0) is 0 Å². The van der Waals surface area contributed by atoms with Crippen LogP contribution in [0, 0.1) is 0 Å². The van der Waals surface area contributed by atoms with Gasteiger partial charge in [-0.2, -0.15) is 0 Å². The van der Waals surface area contributed by atoms with Crippen molar-refractivity contribution < 1.29 is 20.2 Å². The summed E-state index contributed by atoms with van der Waals surface area (Å²) in [5, 5.41) is 30.7. The molecule has 6 nitrogen and oxygen atoms in total. The van der Waals surface area contributed by atoms with Crippen molar-refractivity contribution in [3.8, 4) is 11.5 Å². The molecule has 0 unspecified atom stereocenters. The largest absolute Gasteiger partial charge is 0.508 e. The fourth-order valence-electron chi connectivity index (χ4n) is 1.93. The summed E-state index contributed by atoms with van der Waals surface area (Å²) in [6.07, 6.45) is 1.03. The molecule has 0 spiro atoms. The maximum Gasteiger partial charge on any atom is 0.257 e. The molecule has 96 valence electrons. The molecule has 1 aromatic carbocycles. The Morgan fingerprint density at radius 3 is 2.50 bits per heavy atom. The number of carbonyl (C=O) groups is 1. The molecule has 1 heterocycles. The third-order valence-corrected chi connectivity index (χ3v) is 2.98. The molecule has 0 saturated carbocycles. The summed E-state index contributed by atoms with van der Waals surface area (Å²) >= 11 is 0. The van der Waals surface area contributed by atoms with E-state index in [2.05, 4.69) is 5.16 Å². The number of carbonyl (C=O) groups excluding carboxylic acids is 1. The van der Waals surface area contributed by atoms with Crippen molar-refractivity contribution in [2.75, 3.05) is 13.1 Å². The summed E-state index contributed by atoms with van der Waals surface area (Å²) in [4.78, 5) is 13.7. The number of aromatic hydroxyl groups is 2. The van der Waals surface area contributed by atoms with E-state index in [-0.39, 0.29) is 23.0 Å². The lowest BCUT2D eigenvalue weighted by Gasteiger charge is -2.27. The molecule has 0 bridgehead atoms. The van der Waals surface area contributed by atoms with Crippen LogP contribution in [0.4, 0.5) is 0 Å². The van der Waals surface area contributed by atoms with Crippen molar-refractivity contribution in [1.29, 1.82) is 0 Å². The lowest BCUT2D eigenvalue weighted by atomic mass is 10.1. The summed E-state index contributed by atoms with van der Waals surface area (Å²) in [5.74, 6) is -0.550. The molecule has 1 aliphatic rings. The van der Waals surface area contributed by atoms with E-state index in [0.29, 0.717) is 31.6 Å². The maximum atomic E-state index is 12.1. The van der Waals surface area contributed by atoms with E-state index in [1.165, 1.54) is 18.2 Å². The van der Waals surface area contributed by atoms with Gasteiger partial charge in [-0.1, -0.05) is 5.16 Å². The molecule has 1 saturated heterocycles. The van der Waals surface area contributed by atoms with Crippen LogP contribution in [0.25, 0.3) is 0 Å². The van der Waals surface area contributed by atoms with Gasteiger partial charge >= 0.3 is 0 Å². The van der Waals surface area contributed by atoms with Gasteiger partial charge in [-0.15, -0.1) is 0 Å². The average Bonchev–Trinajstić information content (AvgIpc) is 2.41. The van der Waals surface area contributed by atoms with Crippen molar-refractivity contribution in [2.45, 2.75) is 12.8 Å². The fraction of sp³-hybridized carbons (Fsp3) is 0.333. The number of oxime groups is 1. The molecule has 18 heavy (non-hydrogen) atoms. The van der Waals surface area contributed by atoms with Crippen LogP contribution in [0.3, 0.4) is 0 Å². The number of nitrogens with zero attached hydrogens (tertiary/aromatic N) is 2.